The Labute approximate surface area is 112 Å². The van der Waals surface area contributed by atoms with Crippen LogP contribution >= 0.6 is 0 Å². The molecule has 1 atom stereocenters. The zero-order valence-corrected chi connectivity index (χ0v) is 11.0. The van der Waals surface area contributed by atoms with Crippen molar-refractivity contribution in [2.24, 2.45) is 0 Å². The summed E-state index contributed by atoms with van der Waals surface area (Å²) in [5.41, 5.74) is 0.921. The first kappa shape index (κ1) is 13.4. The van der Waals surface area contributed by atoms with Gasteiger partial charge >= 0.3 is 6.09 Å². The van der Waals surface area contributed by atoms with Crippen molar-refractivity contribution in [3.8, 4) is 0 Å². The van der Waals surface area contributed by atoms with E-state index in [1.165, 1.54) is 0 Å². The molecule has 2 amide bonds. The maximum atomic E-state index is 11.8. The Morgan fingerprint density at radius 2 is 2.16 bits per heavy atom. The van der Waals surface area contributed by atoms with E-state index in [9.17, 15) is 9.59 Å². The Morgan fingerprint density at radius 3 is 2.89 bits per heavy atom. The summed E-state index contributed by atoms with van der Waals surface area (Å²) in [4.78, 5) is 25.1. The Morgan fingerprint density at radius 1 is 1.42 bits per heavy atom. The van der Waals surface area contributed by atoms with Gasteiger partial charge in [0.05, 0.1) is 0 Å². The third-order valence-electron chi connectivity index (χ3n) is 3.17. The Balaban J connectivity index is 1.79. The van der Waals surface area contributed by atoms with E-state index >= 15 is 0 Å². The summed E-state index contributed by atoms with van der Waals surface area (Å²) in [6.07, 6.45) is 1.02. The molecule has 0 aliphatic carbocycles. The molecule has 0 bridgehead atoms. The van der Waals surface area contributed by atoms with Gasteiger partial charge in [0.25, 0.3) is 0 Å². The van der Waals surface area contributed by atoms with Crippen molar-refractivity contribution in [2.75, 3.05) is 13.6 Å². The summed E-state index contributed by atoms with van der Waals surface area (Å²) < 4.78 is 5.09. The third-order valence-corrected chi connectivity index (χ3v) is 3.17. The number of carbonyl (C=O) groups excluding carboxylic acids is 2. The van der Waals surface area contributed by atoms with Crippen LogP contribution in [0.15, 0.2) is 30.3 Å². The van der Waals surface area contributed by atoms with Crippen molar-refractivity contribution in [1.82, 2.24) is 10.2 Å². The lowest BCUT2D eigenvalue weighted by Gasteiger charge is -2.29. The molecule has 2 rings (SSSR count). The molecular formula is C14H18N2O3. The van der Waals surface area contributed by atoms with Crippen LogP contribution in [0, 0.1) is 0 Å². The minimum Gasteiger partial charge on any atom is -0.445 e. The second kappa shape index (κ2) is 6.22. The van der Waals surface area contributed by atoms with Gasteiger partial charge in [0, 0.05) is 13.6 Å². The van der Waals surface area contributed by atoms with Crippen LogP contribution in [-0.2, 0) is 16.1 Å². The summed E-state index contributed by atoms with van der Waals surface area (Å²) in [6.45, 7) is 0.958. The molecule has 5 heteroatoms. The monoisotopic (exact) mass is 262 g/mol. The van der Waals surface area contributed by atoms with Crippen LogP contribution in [-0.4, -0.2) is 36.5 Å². The van der Waals surface area contributed by atoms with E-state index in [2.05, 4.69) is 5.32 Å². The Hall–Kier alpha value is -2.04. The summed E-state index contributed by atoms with van der Waals surface area (Å²) in [7, 11) is 1.74. The quantitative estimate of drug-likeness (QED) is 0.898. The van der Waals surface area contributed by atoms with Crippen molar-refractivity contribution >= 4 is 12.0 Å². The molecule has 0 saturated carbocycles. The smallest absolute Gasteiger partial charge is 0.408 e. The van der Waals surface area contributed by atoms with Crippen LogP contribution in [0.5, 0.6) is 0 Å². The van der Waals surface area contributed by atoms with E-state index in [-0.39, 0.29) is 12.5 Å². The van der Waals surface area contributed by atoms with Gasteiger partial charge in [0.1, 0.15) is 12.6 Å². The highest BCUT2D eigenvalue weighted by atomic mass is 16.5. The van der Waals surface area contributed by atoms with Crippen molar-refractivity contribution in [1.29, 1.82) is 0 Å². The van der Waals surface area contributed by atoms with Crippen LogP contribution in [0.1, 0.15) is 18.4 Å². The molecule has 1 heterocycles. The number of likely N-dealkylation sites (N-methyl/N-ethyl adjacent to an activating group) is 1. The molecule has 1 aliphatic rings. The molecule has 1 aliphatic heterocycles. The van der Waals surface area contributed by atoms with Gasteiger partial charge in [-0.3, -0.25) is 4.79 Å². The molecule has 0 spiro atoms. The van der Waals surface area contributed by atoms with Crippen molar-refractivity contribution in [3.05, 3.63) is 35.9 Å². The summed E-state index contributed by atoms with van der Waals surface area (Å²) in [6, 6.07) is 8.98. The summed E-state index contributed by atoms with van der Waals surface area (Å²) in [5.74, 6) is -0.0529. The van der Waals surface area contributed by atoms with Gasteiger partial charge in [-0.1, -0.05) is 30.3 Å². The highest BCUT2D eigenvalue weighted by molar-refractivity contribution is 5.86. The van der Waals surface area contributed by atoms with Crippen LogP contribution in [0.25, 0.3) is 0 Å². The van der Waals surface area contributed by atoms with Gasteiger partial charge in [-0.05, 0) is 18.4 Å². The fourth-order valence-corrected chi connectivity index (χ4v) is 2.07. The lowest BCUT2D eigenvalue weighted by molar-refractivity contribution is -0.134. The number of benzene rings is 1. The van der Waals surface area contributed by atoms with E-state index < -0.39 is 12.1 Å². The molecule has 102 valence electrons. The van der Waals surface area contributed by atoms with E-state index in [0.717, 1.165) is 18.5 Å². The largest absolute Gasteiger partial charge is 0.445 e. The zero-order valence-electron chi connectivity index (χ0n) is 11.0. The summed E-state index contributed by atoms with van der Waals surface area (Å²) >= 11 is 0. The zero-order chi connectivity index (χ0) is 13.7. The number of piperidine rings is 1. The molecule has 1 fully saturated rings. The average Bonchev–Trinajstić information content (AvgIpc) is 2.43. The number of alkyl carbamates (subject to hydrolysis) is 1. The van der Waals surface area contributed by atoms with Crippen LogP contribution in [0.4, 0.5) is 4.79 Å². The first-order chi connectivity index (χ1) is 9.16. The Bertz CT molecular complexity index is 447. The SMILES string of the molecule is CN1CCCC(NC(=O)OCc2ccccc2)C1=O. The number of ether oxygens (including phenoxy) is 1. The molecule has 1 unspecified atom stereocenters. The normalized spacial score (nSPS) is 19.1. The van der Waals surface area contributed by atoms with Gasteiger partial charge in [-0.2, -0.15) is 0 Å². The first-order valence-electron chi connectivity index (χ1n) is 6.39. The van der Waals surface area contributed by atoms with Crippen molar-refractivity contribution in [3.63, 3.8) is 0 Å². The molecule has 1 aromatic carbocycles. The second-order valence-electron chi connectivity index (χ2n) is 4.66. The fraction of sp³-hybridized carbons (Fsp3) is 0.429. The fourth-order valence-electron chi connectivity index (χ4n) is 2.07. The van der Waals surface area contributed by atoms with Crippen molar-refractivity contribution < 1.29 is 14.3 Å². The molecule has 1 saturated heterocycles. The maximum Gasteiger partial charge on any atom is 0.408 e. The molecule has 1 N–H and O–H groups in total. The van der Waals surface area contributed by atoms with Crippen molar-refractivity contribution in [2.45, 2.75) is 25.5 Å². The highest BCUT2D eigenvalue weighted by Crippen LogP contribution is 2.10. The predicted molar refractivity (Wildman–Crippen MR) is 70.4 cm³/mol. The van der Waals surface area contributed by atoms with Crippen LogP contribution < -0.4 is 5.32 Å². The molecule has 5 nitrogen and oxygen atoms in total. The number of amides is 2. The van der Waals surface area contributed by atoms with Gasteiger partial charge in [0.15, 0.2) is 0 Å². The number of carbonyl (C=O) groups is 2. The third kappa shape index (κ3) is 3.71. The number of hydrogen-bond acceptors (Lipinski definition) is 3. The number of nitrogens with one attached hydrogen (secondary N) is 1. The minimum atomic E-state index is -0.544. The van der Waals surface area contributed by atoms with Gasteiger partial charge in [-0.15, -0.1) is 0 Å². The van der Waals surface area contributed by atoms with E-state index in [4.69, 9.17) is 4.74 Å². The average molecular weight is 262 g/mol. The minimum absolute atomic E-state index is 0.0529. The van der Waals surface area contributed by atoms with Crippen LogP contribution in [0.3, 0.4) is 0 Å². The summed E-state index contributed by atoms with van der Waals surface area (Å²) in [5, 5.41) is 2.62. The molecular weight excluding hydrogens is 244 g/mol. The number of hydrogen-bond donors (Lipinski definition) is 1. The van der Waals surface area contributed by atoms with Gasteiger partial charge in [-0.25, -0.2) is 4.79 Å². The molecule has 0 radical (unpaired) electrons. The molecule has 19 heavy (non-hydrogen) atoms. The topological polar surface area (TPSA) is 58.6 Å². The van der Waals surface area contributed by atoms with Gasteiger partial charge in [0.2, 0.25) is 5.91 Å². The van der Waals surface area contributed by atoms with Crippen LogP contribution in [0.2, 0.25) is 0 Å². The standard InChI is InChI=1S/C14H18N2O3/c1-16-9-5-8-12(13(16)17)15-14(18)19-10-11-6-3-2-4-7-11/h2-4,6-7,12H,5,8-10H2,1H3,(H,15,18). The van der Waals surface area contributed by atoms with E-state index in [1.54, 1.807) is 11.9 Å². The Kier molecular flexibility index (Phi) is 4.39. The second-order valence-corrected chi connectivity index (χ2v) is 4.66. The maximum absolute atomic E-state index is 11.8. The molecule has 0 aromatic heterocycles. The number of rotatable bonds is 3. The number of likely N-dealkylation sites (tertiary alicyclic amines) is 1. The van der Waals surface area contributed by atoms with E-state index in [0.29, 0.717) is 6.42 Å². The predicted octanol–water partition coefficient (Wildman–Crippen LogP) is 1.53. The van der Waals surface area contributed by atoms with E-state index in [1.807, 2.05) is 30.3 Å². The number of nitrogens with zero attached hydrogens (tertiary/aromatic N) is 1. The lowest BCUT2D eigenvalue weighted by Crippen LogP contribution is -2.50. The first-order valence-corrected chi connectivity index (χ1v) is 6.39. The lowest BCUT2D eigenvalue weighted by atomic mass is 10.1. The highest BCUT2D eigenvalue weighted by Gasteiger charge is 2.27. The molecule has 1 aromatic rings. The van der Waals surface area contributed by atoms with Gasteiger partial charge < -0.3 is 15.0 Å².